The van der Waals surface area contributed by atoms with Crippen LogP contribution in [0, 0.1) is 5.92 Å². The first-order valence-corrected chi connectivity index (χ1v) is 9.99. The molecule has 1 saturated heterocycles. The molecule has 1 aliphatic heterocycles. The van der Waals surface area contributed by atoms with E-state index in [-0.39, 0.29) is 11.8 Å². The molecule has 0 radical (unpaired) electrons. The predicted molar refractivity (Wildman–Crippen MR) is 114 cm³/mol. The van der Waals surface area contributed by atoms with Crippen LogP contribution >= 0.6 is 0 Å². The Morgan fingerprint density at radius 3 is 2.90 bits per heavy atom. The number of aromatic nitrogens is 3. The van der Waals surface area contributed by atoms with E-state index in [0.29, 0.717) is 30.2 Å². The summed E-state index contributed by atoms with van der Waals surface area (Å²) in [7, 11) is 3.20. The highest BCUT2D eigenvalue weighted by Gasteiger charge is 2.26. The maximum atomic E-state index is 12.9. The summed E-state index contributed by atoms with van der Waals surface area (Å²) in [6.45, 7) is 1.93. The molecule has 0 unspecified atom stereocenters. The van der Waals surface area contributed by atoms with Crippen LogP contribution in [0.15, 0.2) is 42.9 Å². The van der Waals surface area contributed by atoms with E-state index < -0.39 is 0 Å². The van der Waals surface area contributed by atoms with E-state index in [4.69, 9.17) is 9.47 Å². The average molecular weight is 407 g/mol. The number of fused-ring (bicyclic) bond motifs is 1. The van der Waals surface area contributed by atoms with Crippen LogP contribution in [-0.2, 0) is 11.3 Å². The van der Waals surface area contributed by atoms with Crippen molar-refractivity contribution >= 4 is 22.8 Å². The molecule has 1 amide bonds. The topological polar surface area (TPSA) is 89.5 Å². The SMILES string of the molecule is COc1cccc(CNC(=O)[C@@H]2CCCN(c3cnc4nccnc4c3)C2)c1OC. The Balaban J connectivity index is 1.42. The number of amides is 1. The number of ether oxygens (including phenoxy) is 2. The summed E-state index contributed by atoms with van der Waals surface area (Å²) in [4.78, 5) is 28.0. The largest absolute Gasteiger partial charge is 0.493 e. The molecule has 0 spiro atoms. The van der Waals surface area contributed by atoms with Crippen molar-refractivity contribution < 1.29 is 14.3 Å². The monoisotopic (exact) mass is 407 g/mol. The zero-order chi connectivity index (χ0) is 20.9. The summed E-state index contributed by atoms with van der Waals surface area (Å²) in [6, 6.07) is 7.64. The Bertz CT molecular complexity index is 1040. The second kappa shape index (κ2) is 8.94. The molecule has 3 heterocycles. The van der Waals surface area contributed by atoms with Crippen molar-refractivity contribution in [1.82, 2.24) is 20.3 Å². The van der Waals surface area contributed by atoms with Crippen LogP contribution in [-0.4, -0.2) is 48.2 Å². The fraction of sp³-hybridized carbons (Fsp3) is 0.364. The lowest BCUT2D eigenvalue weighted by Gasteiger charge is -2.33. The lowest BCUT2D eigenvalue weighted by atomic mass is 9.96. The van der Waals surface area contributed by atoms with Gasteiger partial charge in [0.2, 0.25) is 5.91 Å². The molecular formula is C22H25N5O3. The summed E-state index contributed by atoms with van der Waals surface area (Å²) in [5.74, 6) is 1.25. The van der Waals surface area contributed by atoms with Gasteiger partial charge in [0.25, 0.3) is 0 Å². The standard InChI is InChI=1S/C22H25N5O3/c1-29-19-7-3-5-15(20(19)30-2)12-26-22(28)16-6-4-10-27(14-16)17-11-18-21(25-13-17)24-9-8-23-18/h3,5,7-9,11,13,16H,4,6,10,12,14H2,1-2H3,(H,26,28)/t16-/m1/s1. The molecule has 156 valence electrons. The van der Waals surface area contributed by atoms with Gasteiger partial charge in [-0.25, -0.2) is 9.97 Å². The third-order valence-electron chi connectivity index (χ3n) is 5.40. The minimum atomic E-state index is -0.0899. The number of piperidine rings is 1. The number of benzene rings is 1. The predicted octanol–water partition coefficient (Wildman–Crippen LogP) is 2.57. The minimum absolute atomic E-state index is 0.0399. The molecule has 3 aromatic rings. The van der Waals surface area contributed by atoms with Crippen molar-refractivity contribution in [2.75, 3.05) is 32.2 Å². The summed E-state index contributed by atoms with van der Waals surface area (Å²) in [6.07, 6.45) is 6.90. The van der Waals surface area contributed by atoms with E-state index in [2.05, 4.69) is 25.2 Å². The summed E-state index contributed by atoms with van der Waals surface area (Å²) >= 11 is 0. The molecule has 0 aliphatic carbocycles. The van der Waals surface area contributed by atoms with Gasteiger partial charge in [0.1, 0.15) is 5.52 Å². The Kier molecular flexibility index (Phi) is 5.92. The molecule has 4 rings (SSSR count). The smallest absolute Gasteiger partial charge is 0.225 e. The summed E-state index contributed by atoms with van der Waals surface area (Å²) in [5.41, 5.74) is 3.23. The number of hydrogen-bond acceptors (Lipinski definition) is 7. The third-order valence-corrected chi connectivity index (χ3v) is 5.40. The number of methoxy groups -OCH3 is 2. The van der Waals surface area contributed by atoms with Crippen LogP contribution in [0.1, 0.15) is 18.4 Å². The van der Waals surface area contributed by atoms with Gasteiger partial charge in [-0.15, -0.1) is 0 Å². The van der Waals surface area contributed by atoms with Crippen LogP contribution in [0.5, 0.6) is 11.5 Å². The van der Waals surface area contributed by atoms with Crippen molar-refractivity contribution in [3.63, 3.8) is 0 Å². The van der Waals surface area contributed by atoms with Gasteiger partial charge in [-0.1, -0.05) is 12.1 Å². The van der Waals surface area contributed by atoms with Crippen molar-refractivity contribution in [1.29, 1.82) is 0 Å². The number of para-hydroxylation sites is 1. The van der Waals surface area contributed by atoms with Gasteiger partial charge in [-0.2, -0.15) is 0 Å². The maximum Gasteiger partial charge on any atom is 0.225 e. The van der Waals surface area contributed by atoms with Crippen LogP contribution < -0.4 is 19.7 Å². The molecule has 0 saturated carbocycles. The van der Waals surface area contributed by atoms with E-state index in [1.807, 2.05) is 24.3 Å². The molecule has 1 atom stereocenters. The lowest BCUT2D eigenvalue weighted by molar-refractivity contribution is -0.125. The van der Waals surface area contributed by atoms with Crippen LogP contribution in [0.4, 0.5) is 5.69 Å². The highest BCUT2D eigenvalue weighted by molar-refractivity contribution is 5.80. The Morgan fingerprint density at radius 2 is 2.07 bits per heavy atom. The van der Waals surface area contributed by atoms with E-state index in [1.165, 1.54) is 0 Å². The number of anilines is 1. The lowest BCUT2D eigenvalue weighted by Crippen LogP contribution is -2.43. The quantitative estimate of drug-likeness (QED) is 0.672. The van der Waals surface area contributed by atoms with Crippen LogP contribution in [0.3, 0.4) is 0 Å². The number of nitrogens with one attached hydrogen (secondary N) is 1. The number of carbonyl (C=O) groups is 1. The maximum absolute atomic E-state index is 12.9. The normalized spacial score (nSPS) is 16.3. The highest BCUT2D eigenvalue weighted by Crippen LogP contribution is 2.31. The second-order valence-corrected chi connectivity index (χ2v) is 7.25. The molecule has 1 fully saturated rings. The molecule has 8 heteroatoms. The van der Waals surface area contributed by atoms with Crippen LogP contribution in [0.25, 0.3) is 11.2 Å². The fourth-order valence-corrected chi connectivity index (χ4v) is 3.87. The van der Waals surface area contributed by atoms with E-state index in [9.17, 15) is 4.79 Å². The van der Waals surface area contributed by atoms with Crippen molar-refractivity contribution in [3.8, 4) is 11.5 Å². The fourth-order valence-electron chi connectivity index (χ4n) is 3.87. The highest BCUT2D eigenvalue weighted by atomic mass is 16.5. The number of hydrogen-bond donors (Lipinski definition) is 1. The zero-order valence-corrected chi connectivity index (χ0v) is 17.2. The van der Waals surface area contributed by atoms with Crippen LogP contribution in [0.2, 0.25) is 0 Å². The molecule has 1 aromatic carbocycles. The molecule has 1 aliphatic rings. The molecule has 2 aromatic heterocycles. The Hall–Kier alpha value is -3.42. The number of carbonyl (C=O) groups excluding carboxylic acids is 1. The van der Waals surface area contributed by atoms with Gasteiger partial charge in [0.15, 0.2) is 17.1 Å². The van der Waals surface area contributed by atoms with Gasteiger partial charge < -0.3 is 19.7 Å². The first-order chi connectivity index (χ1) is 14.7. The van der Waals surface area contributed by atoms with Gasteiger partial charge >= 0.3 is 0 Å². The second-order valence-electron chi connectivity index (χ2n) is 7.25. The number of rotatable bonds is 6. The molecule has 30 heavy (non-hydrogen) atoms. The zero-order valence-electron chi connectivity index (χ0n) is 17.2. The molecule has 0 bridgehead atoms. The average Bonchev–Trinajstić information content (AvgIpc) is 2.81. The third kappa shape index (κ3) is 4.12. The molecule has 1 N–H and O–H groups in total. The molecule has 8 nitrogen and oxygen atoms in total. The van der Waals surface area contributed by atoms with E-state index >= 15 is 0 Å². The van der Waals surface area contributed by atoms with Gasteiger partial charge in [-0.3, -0.25) is 9.78 Å². The minimum Gasteiger partial charge on any atom is -0.493 e. The summed E-state index contributed by atoms with van der Waals surface area (Å²) in [5, 5.41) is 3.06. The number of nitrogens with zero attached hydrogens (tertiary/aromatic N) is 4. The van der Waals surface area contributed by atoms with E-state index in [1.54, 1.807) is 32.8 Å². The summed E-state index contributed by atoms with van der Waals surface area (Å²) < 4.78 is 10.8. The van der Waals surface area contributed by atoms with E-state index in [0.717, 1.165) is 36.2 Å². The Morgan fingerprint density at radius 1 is 1.20 bits per heavy atom. The van der Waals surface area contributed by atoms with Gasteiger partial charge in [-0.05, 0) is 25.0 Å². The first-order valence-electron chi connectivity index (χ1n) is 9.99. The van der Waals surface area contributed by atoms with Crippen molar-refractivity contribution in [3.05, 3.63) is 48.4 Å². The van der Waals surface area contributed by atoms with Gasteiger partial charge in [0.05, 0.1) is 32.0 Å². The van der Waals surface area contributed by atoms with Crippen molar-refractivity contribution in [2.24, 2.45) is 5.92 Å². The van der Waals surface area contributed by atoms with Gasteiger partial charge in [0, 0.05) is 37.6 Å². The van der Waals surface area contributed by atoms with Crippen molar-refractivity contribution in [2.45, 2.75) is 19.4 Å². The Labute approximate surface area is 175 Å². The first kappa shape index (κ1) is 19.9. The number of pyridine rings is 1. The molecular weight excluding hydrogens is 382 g/mol.